The number of likely N-dealkylation sites (N-methyl/N-ethyl adjacent to an activating group) is 1. The average molecular weight is 378 g/mol. The summed E-state index contributed by atoms with van der Waals surface area (Å²) in [5.41, 5.74) is -0.609. The topological polar surface area (TPSA) is 113 Å². The molecule has 1 N–H and O–H groups in total. The molecule has 8 nitrogen and oxygen atoms in total. The van der Waals surface area contributed by atoms with Crippen molar-refractivity contribution >= 4 is 22.0 Å². The van der Waals surface area contributed by atoms with Crippen LogP contribution in [0.5, 0.6) is 0 Å². The van der Waals surface area contributed by atoms with Gasteiger partial charge in [-0.15, -0.1) is 0 Å². The Bertz CT molecular complexity index is 588. The van der Waals surface area contributed by atoms with E-state index in [1.165, 1.54) is 13.8 Å². The second kappa shape index (κ2) is 10.3. The van der Waals surface area contributed by atoms with Crippen LogP contribution in [0.3, 0.4) is 0 Å². The van der Waals surface area contributed by atoms with Gasteiger partial charge in [0, 0.05) is 11.1 Å². The maximum atomic E-state index is 10.9. The first kappa shape index (κ1) is 25.5. The van der Waals surface area contributed by atoms with Crippen molar-refractivity contribution in [2.45, 2.75) is 26.3 Å². The first-order chi connectivity index (χ1) is 11.0. The van der Waals surface area contributed by atoms with Crippen LogP contribution >= 0.6 is 0 Å². The molecule has 0 spiro atoms. The summed E-state index contributed by atoms with van der Waals surface area (Å²) in [6.07, 6.45) is 1.01. The molecule has 0 bridgehead atoms. The number of quaternary nitrogens is 1. The molecule has 0 rings (SSSR count). The molecule has 0 radical (unpaired) electrons. The van der Waals surface area contributed by atoms with Crippen molar-refractivity contribution in [3.05, 3.63) is 24.8 Å². The Kier molecular flexibility index (Phi) is 10.5. The van der Waals surface area contributed by atoms with E-state index in [1.807, 2.05) is 0 Å². The van der Waals surface area contributed by atoms with Crippen molar-refractivity contribution < 1.29 is 31.8 Å². The smallest absolute Gasteiger partial charge is 0.333 e. The van der Waals surface area contributed by atoms with E-state index in [0.29, 0.717) is 12.2 Å². The van der Waals surface area contributed by atoms with Crippen LogP contribution in [-0.2, 0) is 24.4 Å². The van der Waals surface area contributed by atoms with Crippen molar-refractivity contribution in [2.75, 3.05) is 40.0 Å². The third-order valence-corrected chi connectivity index (χ3v) is 3.60. The molecule has 25 heavy (non-hydrogen) atoms. The van der Waals surface area contributed by atoms with Crippen LogP contribution in [0.2, 0.25) is 0 Å². The van der Waals surface area contributed by atoms with Crippen LogP contribution in [0.15, 0.2) is 24.8 Å². The Labute approximate surface area is 150 Å². The molecule has 0 heterocycles. The predicted octanol–water partition coefficient (Wildman–Crippen LogP) is 0.424. The first-order valence-electron chi connectivity index (χ1n) is 7.50. The van der Waals surface area contributed by atoms with Crippen LogP contribution in [0.25, 0.3) is 0 Å². The molecule has 146 valence electrons. The zero-order chi connectivity index (χ0) is 20.5. The number of ether oxygens (including phenoxy) is 1. The third-order valence-electron chi connectivity index (χ3n) is 2.53. The molecule has 0 aromatic carbocycles. The monoisotopic (exact) mass is 378 g/mol. The lowest BCUT2D eigenvalue weighted by Crippen LogP contribution is -2.47. The lowest BCUT2D eigenvalue weighted by Gasteiger charge is -2.26. The SMILES string of the molecule is C=C(C)C(=O)OCC[N+](C)(C)C.C=CC(=O)NC(C)(C)CS(=O)(=O)[O-]. The van der Waals surface area contributed by atoms with Crippen molar-refractivity contribution in [1.29, 1.82) is 0 Å². The number of nitrogens with zero attached hydrogens (tertiary/aromatic N) is 1. The lowest BCUT2D eigenvalue weighted by molar-refractivity contribution is -0.870. The van der Waals surface area contributed by atoms with Gasteiger partial charge in [-0.1, -0.05) is 13.2 Å². The van der Waals surface area contributed by atoms with E-state index in [4.69, 9.17) is 4.74 Å². The summed E-state index contributed by atoms with van der Waals surface area (Å²) in [6, 6.07) is 0. The molecule has 0 aromatic heterocycles. The van der Waals surface area contributed by atoms with E-state index < -0.39 is 27.3 Å². The van der Waals surface area contributed by atoms with Crippen LogP contribution in [0.4, 0.5) is 0 Å². The Morgan fingerprint density at radius 1 is 1.28 bits per heavy atom. The van der Waals surface area contributed by atoms with Gasteiger partial charge < -0.3 is 19.1 Å². The van der Waals surface area contributed by atoms with Gasteiger partial charge in [-0.05, 0) is 26.8 Å². The van der Waals surface area contributed by atoms with E-state index in [1.54, 1.807) is 6.92 Å². The van der Waals surface area contributed by atoms with E-state index >= 15 is 0 Å². The Balaban J connectivity index is 0. The molecular weight excluding hydrogens is 348 g/mol. The summed E-state index contributed by atoms with van der Waals surface area (Å²) in [4.78, 5) is 21.7. The minimum absolute atomic E-state index is 0.302. The van der Waals surface area contributed by atoms with Gasteiger partial charge in [-0.2, -0.15) is 0 Å². The summed E-state index contributed by atoms with van der Waals surface area (Å²) >= 11 is 0. The van der Waals surface area contributed by atoms with E-state index in [9.17, 15) is 22.6 Å². The van der Waals surface area contributed by atoms with Crippen molar-refractivity contribution in [3.63, 3.8) is 0 Å². The summed E-state index contributed by atoms with van der Waals surface area (Å²) in [7, 11) is 1.82. The maximum Gasteiger partial charge on any atom is 0.333 e. The lowest BCUT2D eigenvalue weighted by atomic mass is 10.1. The van der Waals surface area contributed by atoms with Crippen LogP contribution < -0.4 is 5.32 Å². The average Bonchev–Trinajstić information content (AvgIpc) is 2.33. The number of carbonyl (C=O) groups excluding carboxylic acids is 2. The normalized spacial score (nSPS) is 11.6. The summed E-state index contributed by atoms with van der Waals surface area (Å²) in [5.74, 6) is -1.45. The van der Waals surface area contributed by atoms with Gasteiger partial charge in [0.15, 0.2) is 0 Å². The molecule has 0 saturated carbocycles. The fourth-order valence-corrected chi connectivity index (χ4v) is 2.35. The number of amides is 1. The van der Waals surface area contributed by atoms with Crippen molar-refractivity contribution in [1.82, 2.24) is 5.32 Å². The molecule has 0 aromatic rings. The number of esters is 1. The van der Waals surface area contributed by atoms with Crippen LogP contribution in [-0.4, -0.2) is 74.9 Å². The second-order valence-corrected chi connectivity index (χ2v) is 8.61. The van der Waals surface area contributed by atoms with Crippen molar-refractivity contribution in [2.24, 2.45) is 0 Å². The molecule has 0 unspecified atom stereocenters. The molecular formula is C16H30N2O6S. The van der Waals surface area contributed by atoms with Crippen molar-refractivity contribution in [3.8, 4) is 0 Å². The van der Waals surface area contributed by atoms with Crippen LogP contribution in [0.1, 0.15) is 20.8 Å². The predicted molar refractivity (Wildman–Crippen MR) is 95.7 cm³/mol. The molecule has 0 aliphatic heterocycles. The molecule has 0 aliphatic carbocycles. The number of hydrogen-bond acceptors (Lipinski definition) is 6. The molecule has 0 saturated heterocycles. The first-order valence-corrected chi connectivity index (χ1v) is 9.08. The highest BCUT2D eigenvalue weighted by atomic mass is 32.2. The minimum Gasteiger partial charge on any atom is -0.748 e. The van der Waals surface area contributed by atoms with Gasteiger partial charge >= 0.3 is 5.97 Å². The fraction of sp³-hybridized carbons (Fsp3) is 0.625. The standard InChI is InChI=1S/C9H18NO2.C7H13NO4S/c1-8(2)9(11)12-7-6-10(3,4)5;1-4-6(9)8-7(2,3)5-13(10,11)12/h1,6-7H2,2-5H3;4H,1,5H2,2-3H3,(H,8,9)(H,10,11,12)/q+1;/p-1. The maximum absolute atomic E-state index is 10.9. The molecule has 0 atom stereocenters. The molecule has 0 aliphatic rings. The quantitative estimate of drug-likeness (QED) is 0.284. The van der Waals surface area contributed by atoms with Crippen LogP contribution in [0, 0.1) is 0 Å². The number of nitrogens with one attached hydrogen (secondary N) is 1. The van der Waals surface area contributed by atoms with Gasteiger partial charge in [-0.25, -0.2) is 13.2 Å². The van der Waals surface area contributed by atoms with Gasteiger partial charge in [0.05, 0.1) is 37.0 Å². The van der Waals surface area contributed by atoms with E-state index in [2.05, 4.69) is 39.6 Å². The molecule has 1 amide bonds. The Morgan fingerprint density at radius 3 is 2.08 bits per heavy atom. The summed E-state index contributed by atoms with van der Waals surface area (Å²) in [6.45, 7) is 12.5. The highest BCUT2D eigenvalue weighted by Crippen LogP contribution is 2.05. The highest BCUT2D eigenvalue weighted by molar-refractivity contribution is 7.85. The molecule has 0 fully saturated rings. The largest absolute Gasteiger partial charge is 0.748 e. The van der Waals surface area contributed by atoms with E-state index in [-0.39, 0.29) is 5.97 Å². The Hall–Kier alpha value is -1.71. The fourth-order valence-electron chi connectivity index (χ4n) is 1.40. The number of rotatable bonds is 8. The zero-order valence-corrected chi connectivity index (χ0v) is 16.7. The summed E-state index contributed by atoms with van der Waals surface area (Å²) < 4.78 is 36.9. The second-order valence-electron chi connectivity index (χ2n) is 7.21. The van der Waals surface area contributed by atoms with E-state index in [0.717, 1.165) is 17.1 Å². The van der Waals surface area contributed by atoms with Gasteiger partial charge in [-0.3, -0.25) is 4.79 Å². The van der Waals surface area contributed by atoms with Gasteiger partial charge in [0.1, 0.15) is 13.2 Å². The highest BCUT2D eigenvalue weighted by Gasteiger charge is 2.22. The zero-order valence-electron chi connectivity index (χ0n) is 15.9. The van der Waals surface area contributed by atoms with Gasteiger partial charge in [0.25, 0.3) is 0 Å². The minimum atomic E-state index is -4.33. The molecule has 9 heteroatoms. The third kappa shape index (κ3) is 18.5. The number of carbonyl (C=O) groups is 2. The number of hydrogen-bond donors (Lipinski definition) is 1. The summed E-state index contributed by atoms with van der Waals surface area (Å²) in [5, 5.41) is 2.33. The Morgan fingerprint density at radius 2 is 1.76 bits per heavy atom. The van der Waals surface area contributed by atoms with Gasteiger partial charge in [0.2, 0.25) is 5.91 Å².